The number of pyridine rings is 1. The van der Waals surface area contributed by atoms with Gasteiger partial charge < -0.3 is 10.5 Å². The zero-order valence-electron chi connectivity index (χ0n) is 12.4. The Bertz CT molecular complexity index is 451. The van der Waals surface area contributed by atoms with Crippen molar-refractivity contribution < 1.29 is 4.74 Å². The lowest BCUT2D eigenvalue weighted by atomic mass is 9.95. The molecule has 1 saturated carbocycles. The third-order valence-corrected chi connectivity index (χ3v) is 4.64. The van der Waals surface area contributed by atoms with Crippen LogP contribution in [0.5, 0.6) is 5.88 Å². The van der Waals surface area contributed by atoms with Gasteiger partial charge in [0.1, 0.15) is 6.10 Å². The zero-order chi connectivity index (χ0) is 13.8. The minimum absolute atomic E-state index is 0.344. The summed E-state index contributed by atoms with van der Waals surface area (Å²) in [5.41, 5.74) is 9.63. The van der Waals surface area contributed by atoms with Crippen molar-refractivity contribution in [2.75, 3.05) is 0 Å². The van der Waals surface area contributed by atoms with Gasteiger partial charge >= 0.3 is 0 Å². The highest BCUT2D eigenvalue weighted by molar-refractivity contribution is 5.35. The van der Waals surface area contributed by atoms with Gasteiger partial charge in [0.2, 0.25) is 5.88 Å². The molecule has 0 unspecified atom stereocenters. The molecule has 0 atom stereocenters. The van der Waals surface area contributed by atoms with Crippen LogP contribution in [0.4, 0.5) is 0 Å². The number of nitrogens with zero attached hydrogens (tertiary/aromatic N) is 1. The van der Waals surface area contributed by atoms with Gasteiger partial charge in [0, 0.05) is 17.8 Å². The van der Waals surface area contributed by atoms with Crippen LogP contribution in [0.1, 0.15) is 68.2 Å². The molecule has 2 aliphatic carbocycles. The molecule has 0 spiro atoms. The first-order valence-corrected chi connectivity index (χ1v) is 8.25. The maximum absolute atomic E-state index is 6.23. The summed E-state index contributed by atoms with van der Waals surface area (Å²) in [5, 5.41) is 0. The summed E-state index contributed by atoms with van der Waals surface area (Å²) in [6, 6.07) is 2.24. The lowest BCUT2D eigenvalue weighted by molar-refractivity contribution is 0.173. The van der Waals surface area contributed by atoms with E-state index in [4.69, 9.17) is 15.5 Å². The second-order valence-electron chi connectivity index (χ2n) is 6.20. The van der Waals surface area contributed by atoms with Crippen LogP contribution in [-0.4, -0.2) is 11.1 Å². The van der Waals surface area contributed by atoms with Crippen LogP contribution >= 0.6 is 0 Å². The van der Waals surface area contributed by atoms with Crippen LogP contribution in [0.3, 0.4) is 0 Å². The summed E-state index contributed by atoms with van der Waals surface area (Å²) in [5.74, 6) is 0.819. The lowest BCUT2D eigenvalue weighted by Gasteiger charge is -2.22. The highest BCUT2D eigenvalue weighted by Gasteiger charge is 2.19. The monoisotopic (exact) mass is 274 g/mol. The molecule has 3 heteroatoms. The van der Waals surface area contributed by atoms with Crippen molar-refractivity contribution in [1.29, 1.82) is 0 Å². The number of aryl methyl sites for hydroxylation is 2. The normalized spacial score (nSPS) is 20.2. The second-order valence-corrected chi connectivity index (χ2v) is 6.20. The predicted octanol–water partition coefficient (Wildman–Crippen LogP) is 3.52. The van der Waals surface area contributed by atoms with Crippen molar-refractivity contribution in [1.82, 2.24) is 4.98 Å². The zero-order valence-corrected chi connectivity index (χ0v) is 12.4. The van der Waals surface area contributed by atoms with Gasteiger partial charge in [-0.2, -0.15) is 0 Å². The summed E-state index contributed by atoms with van der Waals surface area (Å²) in [7, 11) is 0. The molecule has 0 amide bonds. The molecule has 1 fully saturated rings. The Labute approximate surface area is 121 Å². The number of ether oxygens (including phenoxy) is 1. The standard InChI is InChI=1S/C17H26N2O/c18-12-14-11-13-7-5-6-10-16(13)19-17(14)20-15-8-3-1-2-4-9-15/h11,15H,1-10,12,18H2. The molecule has 0 radical (unpaired) electrons. The Morgan fingerprint density at radius 2 is 1.80 bits per heavy atom. The molecule has 1 aromatic rings. The Hall–Kier alpha value is -1.09. The average Bonchev–Trinajstić information content (AvgIpc) is 2.75. The average molecular weight is 274 g/mol. The lowest BCUT2D eigenvalue weighted by Crippen LogP contribution is -2.19. The first-order chi connectivity index (χ1) is 9.86. The number of aromatic nitrogens is 1. The van der Waals surface area contributed by atoms with Gasteiger partial charge in [-0.15, -0.1) is 0 Å². The summed E-state index contributed by atoms with van der Waals surface area (Å²) >= 11 is 0. The van der Waals surface area contributed by atoms with E-state index in [1.54, 1.807) is 0 Å². The SMILES string of the molecule is NCc1cc2c(nc1OC1CCCCCC1)CCCC2. The summed E-state index contributed by atoms with van der Waals surface area (Å²) in [6.07, 6.45) is 12.7. The Morgan fingerprint density at radius 3 is 2.55 bits per heavy atom. The molecule has 20 heavy (non-hydrogen) atoms. The molecule has 2 aliphatic rings. The van der Waals surface area contributed by atoms with Gasteiger partial charge in [0.15, 0.2) is 0 Å². The number of hydrogen-bond acceptors (Lipinski definition) is 3. The van der Waals surface area contributed by atoms with E-state index in [1.807, 2.05) is 0 Å². The maximum Gasteiger partial charge on any atom is 0.218 e. The predicted molar refractivity (Wildman–Crippen MR) is 80.9 cm³/mol. The van der Waals surface area contributed by atoms with E-state index in [2.05, 4.69) is 6.07 Å². The van der Waals surface area contributed by atoms with Crippen molar-refractivity contribution >= 4 is 0 Å². The Kier molecular flexibility index (Phi) is 4.56. The summed E-state index contributed by atoms with van der Waals surface area (Å²) in [6.45, 7) is 0.530. The van der Waals surface area contributed by atoms with Crippen LogP contribution in [0.2, 0.25) is 0 Å². The molecule has 1 heterocycles. The number of nitrogens with two attached hydrogens (primary N) is 1. The van der Waals surface area contributed by atoms with Crippen LogP contribution in [0.25, 0.3) is 0 Å². The quantitative estimate of drug-likeness (QED) is 0.858. The van der Waals surface area contributed by atoms with Crippen molar-refractivity contribution in [3.8, 4) is 5.88 Å². The molecule has 0 aliphatic heterocycles. The maximum atomic E-state index is 6.23. The van der Waals surface area contributed by atoms with E-state index in [-0.39, 0.29) is 0 Å². The topological polar surface area (TPSA) is 48.1 Å². The minimum atomic E-state index is 0.344. The fourth-order valence-corrected chi connectivity index (χ4v) is 3.43. The smallest absolute Gasteiger partial charge is 0.218 e. The molecule has 0 aromatic carbocycles. The van der Waals surface area contributed by atoms with Gasteiger partial charge in [-0.3, -0.25) is 0 Å². The molecule has 3 nitrogen and oxygen atoms in total. The third kappa shape index (κ3) is 3.14. The molecule has 0 saturated heterocycles. The molecule has 1 aromatic heterocycles. The van der Waals surface area contributed by atoms with Gasteiger partial charge in [0.05, 0.1) is 0 Å². The van der Waals surface area contributed by atoms with Crippen LogP contribution in [0.15, 0.2) is 6.07 Å². The largest absolute Gasteiger partial charge is 0.474 e. The minimum Gasteiger partial charge on any atom is -0.474 e. The summed E-state index contributed by atoms with van der Waals surface area (Å²) in [4.78, 5) is 4.81. The molecular formula is C17H26N2O. The van der Waals surface area contributed by atoms with Crippen molar-refractivity contribution in [2.45, 2.75) is 76.9 Å². The third-order valence-electron chi connectivity index (χ3n) is 4.64. The molecule has 0 bridgehead atoms. The summed E-state index contributed by atoms with van der Waals surface area (Å²) < 4.78 is 6.23. The Morgan fingerprint density at radius 1 is 1.05 bits per heavy atom. The molecule has 3 rings (SSSR count). The molecule has 2 N–H and O–H groups in total. The Balaban J connectivity index is 1.80. The van der Waals surface area contributed by atoms with Crippen LogP contribution in [0, 0.1) is 0 Å². The van der Waals surface area contributed by atoms with Crippen LogP contribution in [-0.2, 0) is 19.4 Å². The first kappa shape index (κ1) is 13.9. The molecular weight excluding hydrogens is 248 g/mol. The van der Waals surface area contributed by atoms with E-state index < -0.39 is 0 Å². The number of hydrogen-bond donors (Lipinski definition) is 1. The van der Waals surface area contributed by atoms with Crippen molar-refractivity contribution in [3.05, 3.63) is 22.9 Å². The first-order valence-electron chi connectivity index (χ1n) is 8.25. The highest BCUT2D eigenvalue weighted by atomic mass is 16.5. The fraction of sp³-hybridized carbons (Fsp3) is 0.706. The second kappa shape index (κ2) is 6.57. The van der Waals surface area contributed by atoms with Gasteiger partial charge in [0.25, 0.3) is 0 Å². The van der Waals surface area contributed by atoms with E-state index in [0.29, 0.717) is 12.6 Å². The highest BCUT2D eigenvalue weighted by Crippen LogP contribution is 2.28. The van der Waals surface area contributed by atoms with E-state index in [0.717, 1.165) is 24.3 Å². The van der Waals surface area contributed by atoms with Gasteiger partial charge in [-0.1, -0.05) is 12.8 Å². The van der Waals surface area contributed by atoms with Gasteiger partial charge in [-0.25, -0.2) is 4.98 Å². The van der Waals surface area contributed by atoms with E-state index in [1.165, 1.54) is 62.6 Å². The van der Waals surface area contributed by atoms with E-state index in [9.17, 15) is 0 Å². The van der Waals surface area contributed by atoms with Crippen molar-refractivity contribution in [3.63, 3.8) is 0 Å². The number of fused-ring (bicyclic) bond motifs is 1. The van der Waals surface area contributed by atoms with Crippen LogP contribution < -0.4 is 10.5 Å². The van der Waals surface area contributed by atoms with Crippen molar-refractivity contribution in [2.24, 2.45) is 5.73 Å². The number of rotatable bonds is 3. The van der Waals surface area contributed by atoms with Gasteiger partial charge in [-0.05, 0) is 63.0 Å². The van der Waals surface area contributed by atoms with E-state index >= 15 is 0 Å². The molecule has 110 valence electrons. The fourth-order valence-electron chi connectivity index (χ4n) is 3.43.